The fraction of sp³-hybridized carbons (Fsp3) is 0.538. The summed E-state index contributed by atoms with van der Waals surface area (Å²) in [5.74, 6) is 0.695. The summed E-state index contributed by atoms with van der Waals surface area (Å²) in [6, 6.07) is 3.21. The fourth-order valence-corrected chi connectivity index (χ4v) is 2.60. The number of aliphatic hydroxyl groups is 1. The van der Waals surface area contributed by atoms with E-state index in [-0.39, 0.29) is 0 Å². The molecule has 1 aliphatic carbocycles. The smallest absolute Gasteiger partial charge is 0.0945 e. The molecule has 1 saturated carbocycles. The summed E-state index contributed by atoms with van der Waals surface area (Å²) in [6.45, 7) is 1.37. The zero-order chi connectivity index (χ0) is 13.8. The standard InChI is InChI=1S/C13H16Cl3NO2/c14-9-3-11(15)13(12(16)4-9)17-5-10(18)7-19-6-8-1-2-8/h3-4,8,10,17-18H,1-2,5-7H2. The van der Waals surface area contributed by atoms with Gasteiger partial charge in [-0.3, -0.25) is 0 Å². The first-order valence-corrected chi connectivity index (χ1v) is 7.34. The molecular formula is C13H16Cl3NO2. The first-order valence-electron chi connectivity index (χ1n) is 6.20. The molecule has 1 aromatic rings. The number of halogens is 3. The monoisotopic (exact) mass is 323 g/mol. The second kappa shape index (κ2) is 7.00. The summed E-state index contributed by atoms with van der Waals surface area (Å²) in [6.07, 6.45) is 1.89. The largest absolute Gasteiger partial charge is 0.389 e. The van der Waals surface area contributed by atoms with E-state index < -0.39 is 6.10 Å². The summed E-state index contributed by atoms with van der Waals surface area (Å²) in [7, 11) is 0. The molecule has 1 aliphatic rings. The van der Waals surface area contributed by atoms with Gasteiger partial charge in [0.1, 0.15) is 0 Å². The van der Waals surface area contributed by atoms with Crippen molar-refractivity contribution in [3.05, 3.63) is 27.2 Å². The molecule has 1 aromatic carbocycles. The summed E-state index contributed by atoms with van der Waals surface area (Å²) < 4.78 is 5.41. The van der Waals surface area contributed by atoms with Gasteiger partial charge in [0, 0.05) is 18.2 Å². The Balaban J connectivity index is 1.77. The number of benzene rings is 1. The molecule has 1 fully saturated rings. The van der Waals surface area contributed by atoms with E-state index in [1.54, 1.807) is 12.1 Å². The molecule has 0 saturated heterocycles. The van der Waals surface area contributed by atoms with Gasteiger partial charge in [0.25, 0.3) is 0 Å². The van der Waals surface area contributed by atoms with E-state index in [0.29, 0.717) is 39.8 Å². The average Bonchev–Trinajstić information content (AvgIpc) is 3.11. The minimum atomic E-state index is -0.596. The maximum absolute atomic E-state index is 9.78. The topological polar surface area (TPSA) is 41.5 Å². The molecule has 0 bridgehead atoms. The number of anilines is 1. The van der Waals surface area contributed by atoms with Crippen molar-refractivity contribution in [2.75, 3.05) is 25.1 Å². The number of hydrogen-bond donors (Lipinski definition) is 2. The van der Waals surface area contributed by atoms with Crippen LogP contribution in [0.4, 0.5) is 5.69 Å². The fourth-order valence-electron chi connectivity index (χ4n) is 1.65. The van der Waals surface area contributed by atoms with E-state index in [4.69, 9.17) is 39.5 Å². The van der Waals surface area contributed by atoms with Crippen molar-refractivity contribution in [1.82, 2.24) is 0 Å². The predicted octanol–water partition coefficient (Wildman–Crippen LogP) is 3.85. The number of nitrogens with one attached hydrogen (secondary N) is 1. The maximum Gasteiger partial charge on any atom is 0.0945 e. The molecule has 1 atom stereocenters. The van der Waals surface area contributed by atoms with Gasteiger partial charge in [-0.2, -0.15) is 0 Å². The average molecular weight is 325 g/mol. The molecule has 0 amide bonds. The highest BCUT2D eigenvalue weighted by Crippen LogP contribution is 2.33. The van der Waals surface area contributed by atoms with E-state index in [9.17, 15) is 5.11 Å². The number of hydrogen-bond acceptors (Lipinski definition) is 3. The van der Waals surface area contributed by atoms with Gasteiger partial charge in [0.15, 0.2) is 0 Å². The first kappa shape index (κ1) is 15.2. The van der Waals surface area contributed by atoms with Gasteiger partial charge < -0.3 is 15.2 Å². The summed E-state index contributed by atoms with van der Waals surface area (Å²) in [5, 5.41) is 14.1. The highest BCUT2D eigenvalue weighted by molar-refractivity contribution is 6.41. The van der Waals surface area contributed by atoms with Crippen molar-refractivity contribution >= 4 is 40.5 Å². The Labute approximate surface area is 127 Å². The van der Waals surface area contributed by atoms with Gasteiger partial charge >= 0.3 is 0 Å². The van der Waals surface area contributed by atoms with Crippen LogP contribution >= 0.6 is 34.8 Å². The van der Waals surface area contributed by atoms with Crippen molar-refractivity contribution in [3.63, 3.8) is 0 Å². The molecule has 19 heavy (non-hydrogen) atoms. The molecule has 1 unspecified atom stereocenters. The van der Waals surface area contributed by atoms with E-state index in [0.717, 1.165) is 6.61 Å². The lowest BCUT2D eigenvalue weighted by atomic mass is 10.3. The van der Waals surface area contributed by atoms with Crippen LogP contribution in [-0.2, 0) is 4.74 Å². The van der Waals surface area contributed by atoms with E-state index >= 15 is 0 Å². The molecule has 0 spiro atoms. The zero-order valence-corrected chi connectivity index (χ0v) is 12.6. The third-order valence-electron chi connectivity index (χ3n) is 2.88. The van der Waals surface area contributed by atoms with Gasteiger partial charge in [0.05, 0.1) is 28.4 Å². The summed E-state index contributed by atoms with van der Waals surface area (Å²) in [5.41, 5.74) is 0.578. The summed E-state index contributed by atoms with van der Waals surface area (Å²) >= 11 is 17.9. The Kier molecular flexibility index (Phi) is 5.60. The van der Waals surface area contributed by atoms with Crippen LogP contribution in [0.5, 0.6) is 0 Å². The molecule has 2 N–H and O–H groups in total. The molecular weight excluding hydrogens is 309 g/mol. The Morgan fingerprint density at radius 3 is 2.47 bits per heavy atom. The van der Waals surface area contributed by atoms with Crippen molar-refractivity contribution in [1.29, 1.82) is 0 Å². The normalized spacial score (nSPS) is 16.4. The quantitative estimate of drug-likeness (QED) is 0.800. The number of aliphatic hydroxyl groups excluding tert-OH is 1. The predicted molar refractivity (Wildman–Crippen MR) is 79.5 cm³/mol. The molecule has 2 rings (SSSR count). The lowest BCUT2D eigenvalue weighted by molar-refractivity contribution is 0.0386. The Bertz CT molecular complexity index is 415. The highest BCUT2D eigenvalue weighted by atomic mass is 35.5. The highest BCUT2D eigenvalue weighted by Gasteiger charge is 2.21. The third-order valence-corrected chi connectivity index (χ3v) is 3.70. The number of rotatable bonds is 7. The molecule has 0 aliphatic heterocycles. The maximum atomic E-state index is 9.78. The van der Waals surface area contributed by atoms with Crippen molar-refractivity contribution < 1.29 is 9.84 Å². The van der Waals surface area contributed by atoms with Gasteiger partial charge in [-0.15, -0.1) is 0 Å². The molecule has 6 heteroatoms. The molecule has 0 radical (unpaired) electrons. The van der Waals surface area contributed by atoms with Crippen LogP contribution in [-0.4, -0.2) is 31.0 Å². The van der Waals surface area contributed by atoms with Crippen molar-refractivity contribution in [3.8, 4) is 0 Å². The van der Waals surface area contributed by atoms with Gasteiger partial charge in [-0.05, 0) is 30.9 Å². The lowest BCUT2D eigenvalue weighted by Crippen LogP contribution is -2.25. The molecule has 3 nitrogen and oxygen atoms in total. The third kappa shape index (κ3) is 5.01. The van der Waals surface area contributed by atoms with Crippen LogP contribution in [0, 0.1) is 5.92 Å². The van der Waals surface area contributed by atoms with Gasteiger partial charge in [-0.1, -0.05) is 34.8 Å². The van der Waals surface area contributed by atoms with Crippen LogP contribution in [0.3, 0.4) is 0 Å². The zero-order valence-electron chi connectivity index (χ0n) is 10.3. The number of ether oxygens (including phenoxy) is 1. The SMILES string of the molecule is OC(CNc1c(Cl)cc(Cl)cc1Cl)COCC1CC1. The Morgan fingerprint density at radius 1 is 1.26 bits per heavy atom. The summed E-state index contributed by atoms with van der Waals surface area (Å²) in [4.78, 5) is 0. The second-order valence-electron chi connectivity index (χ2n) is 4.76. The molecule has 0 heterocycles. The van der Waals surface area contributed by atoms with Gasteiger partial charge in [0.2, 0.25) is 0 Å². The molecule has 106 valence electrons. The Hall–Kier alpha value is -0.190. The minimum Gasteiger partial charge on any atom is -0.389 e. The van der Waals surface area contributed by atoms with Crippen molar-refractivity contribution in [2.45, 2.75) is 18.9 Å². The van der Waals surface area contributed by atoms with E-state index in [1.165, 1.54) is 12.8 Å². The first-order chi connectivity index (χ1) is 9.06. The lowest BCUT2D eigenvalue weighted by Gasteiger charge is -2.15. The molecule has 0 aromatic heterocycles. The van der Waals surface area contributed by atoms with Crippen LogP contribution < -0.4 is 5.32 Å². The van der Waals surface area contributed by atoms with Crippen LogP contribution in [0.15, 0.2) is 12.1 Å². The second-order valence-corrected chi connectivity index (χ2v) is 6.01. The van der Waals surface area contributed by atoms with Crippen LogP contribution in [0.1, 0.15) is 12.8 Å². The van der Waals surface area contributed by atoms with E-state index in [1.807, 2.05) is 0 Å². The Morgan fingerprint density at radius 2 is 1.89 bits per heavy atom. The van der Waals surface area contributed by atoms with Crippen molar-refractivity contribution in [2.24, 2.45) is 5.92 Å². The van der Waals surface area contributed by atoms with Gasteiger partial charge in [-0.25, -0.2) is 0 Å². The van der Waals surface area contributed by atoms with E-state index in [2.05, 4.69) is 5.32 Å². The van der Waals surface area contributed by atoms with Crippen LogP contribution in [0.25, 0.3) is 0 Å². The van der Waals surface area contributed by atoms with Crippen LogP contribution in [0.2, 0.25) is 15.1 Å². The minimum absolute atomic E-state index is 0.312.